The van der Waals surface area contributed by atoms with E-state index in [1.807, 2.05) is 0 Å². The van der Waals surface area contributed by atoms with Gasteiger partial charge in [-0.2, -0.15) is 0 Å². The number of hydroxylamine groups is 1. The zero-order valence-electron chi connectivity index (χ0n) is 20.5. The normalized spacial score (nSPS) is 20.7. The van der Waals surface area contributed by atoms with Gasteiger partial charge in [-0.15, -0.1) is 11.3 Å². The number of amides is 2. The number of halogens is 1. The molecule has 12 heteroatoms. The molecule has 2 saturated heterocycles. The van der Waals surface area contributed by atoms with Crippen LogP contribution in [0, 0.1) is 29.9 Å². The molecule has 2 aromatic carbocycles. The molecule has 0 bridgehead atoms. The van der Waals surface area contributed by atoms with Crippen LogP contribution < -0.4 is 9.96 Å². The summed E-state index contributed by atoms with van der Waals surface area (Å²) in [6, 6.07) is 11.7. The quantitative estimate of drug-likeness (QED) is 0.177. The number of carbonyl (C=O) groups excluding carboxylic acids is 3. The molecule has 0 N–H and O–H groups in total. The number of thiophene rings is 1. The minimum atomic E-state index is -1.17. The number of nitro groups is 1. The highest BCUT2D eigenvalue weighted by atomic mass is 35.5. The molecule has 0 spiro atoms. The number of carbonyl (C=O) groups is 3. The van der Waals surface area contributed by atoms with E-state index in [1.54, 1.807) is 57.2 Å². The van der Waals surface area contributed by atoms with Crippen molar-refractivity contribution in [3.8, 4) is 0 Å². The van der Waals surface area contributed by atoms with E-state index in [1.165, 1.54) is 17.2 Å². The summed E-state index contributed by atoms with van der Waals surface area (Å²) in [5, 5.41) is 13.4. The first-order valence-electron chi connectivity index (χ1n) is 11.7. The maximum Gasteiger partial charge on any atom is 0.341 e. The Kier molecular flexibility index (Phi) is 6.68. The average molecular weight is 556 g/mol. The first kappa shape index (κ1) is 25.8. The van der Waals surface area contributed by atoms with Gasteiger partial charge in [0.15, 0.2) is 6.10 Å². The van der Waals surface area contributed by atoms with Crippen molar-refractivity contribution in [1.29, 1.82) is 0 Å². The van der Waals surface area contributed by atoms with Crippen molar-refractivity contribution >= 4 is 57.1 Å². The van der Waals surface area contributed by atoms with E-state index in [4.69, 9.17) is 21.2 Å². The van der Waals surface area contributed by atoms with Crippen molar-refractivity contribution in [3.05, 3.63) is 85.2 Å². The summed E-state index contributed by atoms with van der Waals surface area (Å²) in [6.07, 6.45) is -1.17. The van der Waals surface area contributed by atoms with E-state index >= 15 is 0 Å². The first-order valence-corrected chi connectivity index (χ1v) is 12.9. The Hall–Kier alpha value is -3.80. The second kappa shape index (κ2) is 9.82. The number of benzene rings is 2. The molecule has 2 amide bonds. The molecule has 3 aromatic rings. The van der Waals surface area contributed by atoms with Crippen LogP contribution in [0.1, 0.15) is 39.3 Å². The van der Waals surface area contributed by atoms with Crippen LogP contribution in [0.3, 0.4) is 0 Å². The second-order valence-electron chi connectivity index (χ2n) is 8.84. The van der Waals surface area contributed by atoms with Crippen molar-refractivity contribution in [3.63, 3.8) is 0 Å². The van der Waals surface area contributed by atoms with Crippen molar-refractivity contribution in [2.45, 2.75) is 32.9 Å². The third-order valence-corrected chi connectivity index (χ3v) is 8.14. The SMILES string of the molecule is CCOC(=O)c1c(N2C(=O)[C@H]3[C@H](ON(c4ccc(Cl)cc4)[C@@H]3c3ccc([N+](=O)[O-])cc3)C2=O)sc(C)c1C. The van der Waals surface area contributed by atoms with Gasteiger partial charge in [0.2, 0.25) is 5.91 Å². The maximum absolute atomic E-state index is 14.0. The molecule has 0 saturated carbocycles. The third kappa shape index (κ3) is 4.12. The Balaban J connectivity index is 1.59. The van der Waals surface area contributed by atoms with E-state index in [2.05, 4.69) is 0 Å². The number of nitrogens with zero attached hydrogens (tertiary/aromatic N) is 3. The van der Waals surface area contributed by atoms with Crippen LogP contribution >= 0.6 is 22.9 Å². The number of hydrogen-bond donors (Lipinski definition) is 0. The highest BCUT2D eigenvalue weighted by molar-refractivity contribution is 7.17. The van der Waals surface area contributed by atoms with Gasteiger partial charge in [-0.1, -0.05) is 23.7 Å². The van der Waals surface area contributed by atoms with Crippen LogP contribution in [-0.2, 0) is 19.2 Å². The Labute approximate surface area is 226 Å². The molecule has 1 aromatic heterocycles. The van der Waals surface area contributed by atoms with Gasteiger partial charge < -0.3 is 4.74 Å². The van der Waals surface area contributed by atoms with E-state index in [0.29, 0.717) is 21.8 Å². The number of nitro benzene ring substituents is 1. The summed E-state index contributed by atoms with van der Waals surface area (Å²) in [5.74, 6) is -2.73. The Morgan fingerprint density at radius 3 is 2.37 bits per heavy atom. The molecule has 38 heavy (non-hydrogen) atoms. The fraction of sp³-hybridized carbons (Fsp3) is 0.269. The molecule has 2 fully saturated rings. The number of rotatable bonds is 6. The lowest BCUT2D eigenvalue weighted by molar-refractivity contribution is -0.384. The summed E-state index contributed by atoms with van der Waals surface area (Å²) < 4.78 is 5.21. The van der Waals surface area contributed by atoms with Crippen molar-refractivity contribution in [1.82, 2.24) is 0 Å². The second-order valence-corrected chi connectivity index (χ2v) is 10.5. The van der Waals surface area contributed by atoms with Gasteiger partial charge in [-0.25, -0.2) is 14.8 Å². The number of esters is 1. The molecule has 3 heterocycles. The topological polar surface area (TPSA) is 119 Å². The van der Waals surface area contributed by atoms with Crippen molar-refractivity contribution < 1.29 is 28.9 Å². The Bertz CT molecular complexity index is 1450. The first-order chi connectivity index (χ1) is 18.1. The lowest BCUT2D eigenvalue weighted by atomic mass is 9.90. The predicted molar refractivity (Wildman–Crippen MR) is 140 cm³/mol. The largest absolute Gasteiger partial charge is 0.462 e. The van der Waals surface area contributed by atoms with Gasteiger partial charge in [0.1, 0.15) is 10.9 Å². The van der Waals surface area contributed by atoms with Crippen LogP contribution in [-0.4, -0.2) is 35.4 Å². The number of non-ortho nitro benzene ring substituents is 1. The summed E-state index contributed by atoms with van der Waals surface area (Å²) >= 11 is 7.21. The standard InChI is InChI=1S/C26H22ClN3O7S/c1-4-36-26(33)19-13(2)14(3)38-25(19)28-23(31)20-21(15-5-9-18(10-6-15)30(34)35)29(37-22(20)24(28)32)17-11-7-16(27)8-12-17/h5-12,20-22H,4H2,1-3H3/t20-,21-,22+/m1/s1. The van der Waals surface area contributed by atoms with E-state index in [0.717, 1.165) is 21.1 Å². The molecule has 2 aliphatic heterocycles. The maximum atomic E-state index is 14.0. The highest BCUT2D eigenvalue weighted by Gasteiger charge is 2.61. The highest BCUT2D eigenvalue weighted by Crippen LogP contribution is 2.49. The fourth-order valence-electron chi connectivity index (χ4n) is 4.77. The third-order valence-electron chi connectivity index (χ3n) is 6.69. The van der Waals surface area contributed by atoms with Gasteiger partial charge in [0, 0.05) is 22.0 Å². The number of hydrogen-bond acceptors (Lipinski definition) is 9. The number of fused-ring (bicyclic) bond motifs is 1. The summed E-state index contributed by atoms with van der Waals surface area (Å²) in [7, 11) is 0. The zero-order chi connectivity index (χ0) is 27.3. The minimum Gasteiger partial charge on any atom is -0.462 e. The van der Waals surface area contributed by atoms with E-state index in [-0.39, 0.29) is 22.9 Å². The minimum absolute atomic E-state index is 0.110. The van der Waals surface area contributed by atoms with Crippen molar-refractivity contribution in [2.75, 3.05) is 16.6 Å². The molecule has 0 radical (unpaired) electrons. The Morgan fingerprint density at radius 1 is 1.11 bits per heavy atom. The molecule has 2 aliphatic rings. The van der Waals surface area contributed by atoms with Gasteiger partial charge in [-0.3, -0.25) is 24.5 Å². The number of aryl methyl sites for hydroxylation is 1. The van der Waals surface area contributed by atoms with Crippen LogP contribution in [0.4, 0.5) is 16.4 Å². The van der Waals surface area contributed by atoms with Gasteiger partial charge >= 0.3 is 5.97 Å². The van der Waals surface area contributed by atoms with Crippen LogP contribution in [0.15, 0.2) is 48.5 Å². The van der Waals surface area contributed by atoms with Gasteiger partial charge in [0.05, 0.1) is 28.8 Å². The summed E-state index contributed by atoms with van der Waals surface area (Å²) in [4.78, 5) is 59.0. The van der Waals surface area contributed by atoms with Crippen LogP contribution in [0.25, 0.3) is 0 Å². The van der Waals surface area contributed by atoms with E-state index in [9.17, 15) is 24.5 Å². The van der Waals surface area contributed by atoms with Crippen molar-refractivity contribution in [2.24, 2.45) is 5.92 Å². The molecule has 5 rings (SSSR count). The smallest absolute Gasteiger partial charge is 0.341 e. The van der Waals surface area contributed by atoms with Gasteiger partial charge in [0.25, 0.3) is 11.6 Å². The monoisotopic (exact) mass is 555 g/mol. The van der Waals surface area contributed by atoms with Crippen LogP contribution in [0.2, 0.25) is 5.02 Å². The summed E-state index contributed by atoms with van der Waals surface area (Å²) in [5.41, 5.74) is 1.80. The number of anilines is 2. The average Bonchev–Trinajstić information content (AvgIpc) is 3.50. The van der Waals surface area contributed by atoms with E-state index < -0.39 is 40.8 Å². The van der Waals surface area contributed by atoms with Crippen LogP contribution in [0.5, 0.6) is 0 Å². The molecule has 196 valence electrons. The molecule has 3 atom stereocenters. The lowest BCUT2D eigenvalue weighted by Crippen LogP contribution is -2.37. The number of imide groups is 1. The summed E-state index contributed by atoms with van der Waals surface area (Å²) in [6.45, 7) is 5.36. The molecule has 0 aliphatic carbocycles. The lowest BCUT2D eigenvalue weighted by Gasteiger charge is -2.28. The Morgan fingerprint density at radius 2 is 1.76 bits per heavy atom. The van der Waals surface area contributed by atoms with Gasteiger partial charge in [-0.05, 0) is 56.2 Å². The molecule has 0 unspecified atom stereocenters. The molecule has 10 nitrogen and oxygen atoms in total. The number of ether oxygens (including phenoxy) is 1. The fourth-order valence-corrected chi connectivity index (χ4v) is 6.05. The molecular weight excluding hydrogens is 534 g/mol. The zero-order valence-corrected chi connectivity index (χ0v) is 22.1. The molecular formula is C26H22ClN3O7S. The predicted octanol–water partition coefficient (Wildman–Crippen LogP) is 5.15.